The van der Waals surface area contributed by atoms with E-state index in [4.69, 9.17) is 16.0 Å². The molecule has 0 aliphatic carbocycles. The molecule has 2 amide bonds. The second-order valence-electron chi connectivity index (χ2n) is 7.81. The van der Waals surface area contributed by atoms with Crippen LogP contribution in [0.15, 0.2) is 71.4 Å². The van der Waals surface area contributed by atoms with Gasteiger partial charge in [-0.05, 0) is 55.5 Å². The number of furan rings is 1. The van der Waals surface area contributed by atoms with Gasteiger partial charge in [-0.25, -0.2) is 0 Å². The molecule has 0 saturated heterocycles. The zero-order valence-corrected chi connectivity index (χ0v) is 18.9. The molecule has 3 heterocycles. The van der Waals surface area contributed by atoms with Crippen LogP contribution >= 0.6 is 11.6 Å². The van der Waals surface area contributed by atoms with Gasteiger partial charge in [0.25, 0.3) is 11.8 Å². The first-order valence-corrected chi connectivity index (χ1v) is 10.9. The van der Waals surface area contributed by atoms with Gasteiger partial charge in [0.2, 0.25) is 0 Å². The van der Waals surface area contributed by atoms with E-state index in [-0.39, 0.29) is 11.8 Å². The highest BCUT2D eigenvalue weighted by atomic mass is 35.5. The molecule has 1 aliphatic rings. The highest BCUT2D eigenvalue weighted by Gasteiger charge is 2.24. The van der Waals surface area contributed by atoms with E-state index in [9.17, 15) is 9.59 Å². The third-order valence-electron chi connectivity index (χ3n) is 5.37. The van der Waals surface area contributed by atoms with E-state index in [1.165, 1.54) is 0 Å². The first-order chi connectivity index (χ1) is 16.5. The van der Waals surface area contributed by atoms with Crippen molar-refractivity contribution in [2.75, 3.05) is 5.32 Å². The van der Waals surface area contributed by atoms with Crippen LogP contribution in [-0.4, -0.2) is 21.8 Å². The highest BCUT2D eigenvalue weighted by molar-refractivity contribution is 6.36. The Morgan fingerprint density at radius 2 is 1.91 bits per heavy atom. The Morgan fingerprint density at radius 3 is 2.68 bits per heavy atom. The van der Waals surface area contributed by atoms with Crippen molar-refractivity contribution in [1.29, 1.82) is 0 Å². The minimum absolute atomic E-state index is 0.205. The number of fused-ring (bicyclic) bond motifs is 1. The monoisotopic (exact) mass is 470 g/mol. The number of hydrogen-bond acceptors (Lipinski definition) is 5. The van der Waals surface area contributed by atoms with Gasteiger partial charge in [-0.15, -0.1) is 0 Å². The van der Waals surface area contributed by atoms with Gasteiger partial charge in [-0.1, -0.05) is 23.7 Å². The Balaban J connectivity index is 1.29. The van der Waals surface area contributed by atoms with E-state index < -0.39 is 0 Å². The average molecular weight is 471 g/mol. The summed E-state index contributed by atoms with van der Waals surface area (Å²) in [5, 5.41) is 6.21. The molecule has 4 aromatic rings. The number of anilines is 1. The molecular formula is C26H19ClN4O3. The number of rotatable bonds is 5. The van der Waals surface area contributed by atoms with Crippen molar-refractivity contribution in [1.82, 2.24) is 15.3 Å². The third kappa shape index (κ3) is 4.46. The van der Waals surface area contributed by atoms with Crippen molar-refractivity contribution in [3.8, 4) is 11.3 Å². The van der Waals surface area contributed by atoms with Crippen LogP contribution in [0.1, 0.15) is 33.1 Å². The topological polar surface area (TPSA) is 97.1 Å². The molecule has 0 spiro atoms. The SMILES string of the molecule is Cc1cnc(CNC(=O)c2ccc(-c3ccc(/C=C4/C(=O)Nc5ccc(Cl)cc54)o3)cc2)cn1. The quantitative estimate of drug-likeness (QED) is 0.394. The molecule has 5 rings (SSSR count). The fraction of sp³-hybridized carbons (Fsp3) is 0.0769. The number of carbonyl (C=O) groups is 2. The van der Waals surface area contributed by atoms with Gasteiger partial charge in [0.15, 0.2) is 0 Å². The number of aryl methyl sites for hydroxylation is 1. The number of aromatic nitrogens is 2. The van der Waals surface area contributed by atoms with E-state index in [0.29, 0.717) is 39.9 Å². The molecule has 34 heavy (non-hydrogen) atoms. The number of amides is 2. The lowest BCUT2D eigenvalue weighted by atomic mass is 10.1. The summed E-state index contributed by atoms with van der Waals surface area (Å²) < 4.78 is 5.94. The summed E-state index contributed by atoms with van der Waals surface area (Å²) in [7, 11) is 0. The van der Waals surface area contributed by atoms with Crippen LogP contribution in [0.3, 0.4) is 0 Å². The van der Waals surface area contributed by atoms with Gasteiger partial charge in [-0.3, -0.25) is 19.6 Å². The van der Waals surface area contributed by atoms with Crippen LogP contribution in [0.2, 0.25) is 5.02 Å². The molecule has 1 aliphatic heterocycles. The molecular weight excluding hydrogens is 452 g/mol. The molecule has 0 saturated carbocycles. The number of benzene rings is 2. The lowest BCUT2D eigenvalue weighted by Gasteiger charge is -2.05. The second-order valence-corrected chi connectivity index (χ2v) is 8.25. The number of nitrogens with one attached hydrogen (secondary N) is 2. The maximum atomic E-state index is 12.4. The van der Waals surface area contributed by atoms with E-state index in [2.05, 4.69) is 20.6 Å². The molecule has 0 unspecified atom stereocenters. The van der Waals surface area contributed by atoms with Gasteiger partial charge in [0.05, 0.1) is 29.7 Å². The largest absolute Gasteiger partial charge is 0.457 e. The average Bonchev–Trinajstić information content (AvgIpc) is 3.43. The zero-order valence-electron chi connectivity index (χ0n) is 18.1. The van der Waals surface area contributed by atoms with Crippen LogP contribution in [0.25, 0.3) is 23.0 Å². The molecule has 2 N–H and O–H groups in total. The number of hydrogen-bond donors (Lipinski definition) is 2. The van der Waals surface area contributed by atoms with Crippen LogP contribution in [0.5, 0.6) is 0 Å². The highest BCUT2D eigenvalue weighted by Crippen LogP contribution is 2.35. The lowest BCUT2D eigenvalue weighted by molar-refractivity contribution is -0.110. The van der Waals surface area contributed by atoms with Crippen molar-refractivity contribution >= 4 is 40.8 Å². The summed E-state index contributed by atoms with van der Waals surface area (Å²) in [6.45, 7) is 2.16. The Hall–Kier alpha value is -4.23. The minimum Gasteiger partial charge on any atom is -0.457 e. The molecule has 0 radical (unpaired) electrons. The maximum absolute atomic E-state index is 12.4. The fourth-order valence-electron chi connectivity index (χ4n) is 3.60. The van der Waals surface area contributed by atoms with E-state index in [0.717, 1.165) is 22.5 Å². The first kappa shape index (κ1) is 21.6. The standard InChI is InChI=1S/C26H19ClN4O3/c1-15-12-29-19(13-28-15)14-30-25(32)17-4-2-16(3-5-17)24-9-7-20(34-24)11-22-21-10-18(27)6-8-23(21)31-26(22)33/h2-13H,14H2,1H3,(H,30,32)(H,31,33)/b22-11+. The van der Waals surface area contributed by atoms with Crippen molar-refractivity contribution in [3.05, 3.63) is 100 Å². The Kier molecular flexibility index (Phi) is 5.69. The van der Waals surface area contributed by atoms with Gasteiger partial charge in [0, 0.05) is 33.6 Å². The minimum atomic E-state index is -0.206. The van der Waals surface area contributed by atoms with Crippen LogP contribution in [0, 0.1) is 6.92 Å². The number of carbonyl (C=O) groups excluding carboxylic acids is 2. The Morgan fingerprint density at radius 1 is 1.09 bits per heavy atom. The van der Waals surface area contributed by atoms with E-state index >= 15 is 0 Å². The summed E-state index contributed by atoms with van der Waals surface area (Å²) >= 11 is 6.09. The third-order valence-corrected chi connectivity index (χ3v) is 5.61. The van der Waals surface area contributed by atoms with Crippen molar-refractivity contribution in [2.45, 2.75) is 13.5 Å². The Bertz CT molecular complexity index is 1420. The zero-order chi connectivity index (χ0) is 23.7. The summed E-state index contributed by atoms with van der Waals surface area (Å²) in [5.74, 6) is 0.748. The number of nitrogens with zero attached hydrogens (tertiary/aromatic N) is 2. The van der Waals surface area contributed by atoms with Crippen molar-refractivity contribution in [3.63, 3.8) is 0 Å². The summed E-state index contributed by atoms with van der Waals surface area (Å²) in [6.07, 6.45) is 5.00. The van der Waals surface area contributed by atoms with E-state index in [1.54, 1.807) is 54.9 Å². The fourth-order valence-corrected chi connectivity index (χ4v) is 3.77. The summed E-state index contributed by atoms with van der Waals surface area (Å²) in [6, 6.07) is 16.0. The predicted molar refractivity (Wildman–Crippen MR) is 130 cm³/mol. The van der Waals surface area contributed by atoms with Crippen molar-refractivity contribution in [2.24, 2.45) is 0 Å². The van der Waals surface area contributed by atoms with Crippen LogP contribution in [-0.2, 0) is 11.3 Å². The molecule has 2 aromatic heterocycles. The second kappa shape index (κ2) is 8.96. The molecule has 0 fully saturated rings. The predicted octanol–water partition coefficient (Wildman–Crippen LogP) is 5.12. The molecule has 0 atom stereocenters. The van der Waals surface area contributed by atoms with Gasteiger partial charge in [-0.2, -0.15) is 0 Å². The van der Waals surface area contributed by atoms with Crippen molar-refractivity contribution < 1.29 is 14.0 Å². The maximum Gasteiger partial charge on any atom is 0.256 e. The molecule has 0 bridgehead atoms. The molecule has 8 heteroatoms. The first-order valence-electron chi connectivity index (χ1n) is 10.6. The summed E-state index contributed by atoms with van der Waals surface area (Å²) in [5.41, 5.74) is 4.79. The van der Waals surface area contributed by atoms with Crippen LogP contribution < -0.4 is 10.6 Å². The van der Waals surface area contributed by atoms with E-state index in [1.807, 2.05) is 25.1 Å². The normalized spacial score (nSPS) is 13.6. The lowest BCUT2D eigenvalue weighted by Crippen LogP contribution is -2.23. The molecule has 2 aromatic carbocycles. The smallest absolute Gasteiger partial charge is 0.256 e. The van der Waals surface area contributed by atoms with Gasteiger partial charge < -0.3 is 15.1 Å². The number of halogens is 1. The van der Waals surface area contributed by atoms with Gasteiger partial charge >= 0.3 is 0 Å². The van der Waals surface area contributed by atoms with Crippen LogP contribution in [0.4, 0.5) is 5.69 Å². The summed E-state index contributed by atoms with van der Waals surface area (Å²) in [4.78, 5) is 33.2. The Labute approximate surface area is 200 Å². The van der Waals surface area contributed by atoms with Gasteiger partial charge in [0.1, 0.15) is 11.5 Å². The molecule has 168 valence electrons. The molecule has 7 nitrogen and oxygen atoms in total.